The molecule has 0 aliphatic heterocycles. The second-order valence-corrected chi connectivity index (χ2v) is 5.66. The van der Waals surface area contributed by atoms with Gasteiger partial charge in [0.2, 0.25) is 0 Å². The van der Waals surface area contributed by atoms with E-state index in [1.54, 1.807) is 6.92 Å². The normalized spacial score (nSPS) is 17.3. The van der Waals surface area contributed by atoms with E-state index >= 15 is 0 Å². The van der Waals surface area contributed by atoms with Gasteiger partial charge in [-0.15, -0.1) is 0 Å². The van der Waals surface area contributed by atoms with Gasteiger partial charge in [-0.25, -0.2) is 4.39 Å². The maximum absolute atomic E-state index is 13.2. The molecule has 1 aromatic carbocycles. The van der Waals surface area contributed by atoms with Gasteiger partial charge in [0.1, 0.15) is 11.6 Å². The number of ether oxygens (including phenoxy) is 1. The van der Waals surface area contributed by atoms with Crippen LogP contribution in [0.15, 0.2) is 18.2 Å². The molecule has 1 aromatic rings. The van der Waals surface area contributed by atoms with Crippen molar-refractivity contribution in [2.45, 2.75) is 51.1 Å². The van der Waals surface area contributed by atoms with E-state index < -0.39 is 0 Å². The lowest BCUT2D eigenvalue weighted by atomic mass is 9.95. The van der Waals surface area contributed by atoms with Gasteiger partial charge in [-0.1, -0.05) is 19.3 Å². The summed E-state index contributed by atoms with van der Waals surface area (Å²) in [4.78, 5) is 11.9. The molecule has 116 valence electrons. The number of carbonyl (C=O) groups is 1. The molecule has 1 saturated carbocycles. The lowest BCUT2D eigenvalue weighted by molar-refractivity contribution is -0.124. The van der Waals surface area contributed by atoms with E-state index in [0.29, 0.717) is 11.3 Å². The summed E-state index contributed by atoms with van der Waals surface area (Å²) < 4.78 is 18.7. The Labute approximate surface area is 124 Å². The van der Waals surface area contributed by atoms with E-state index in [9.17, 15) is 9.18 Å². The molecule has 21 heavy (non-hydrogen) atoms. The quantitative estimate of drug-likeness (QED) is 0.877. The fourth-order valence-electron chi connectivity index (χ4n) is 2.67. The van der Waals surface area contributed by atoms with E-state index in [-0.39, 0.29) is 30.4 Å². The first-order valence-electron chi connectivity index (χ1n) is 7.53. The van der Waals surface area contributed by atoms with Crippen LogP contribution in [0.25, 0.3) is 0 Å². The molecule has 1 aliphatic rings. The van der Waals surface area contributed by atoms with E-state index in [4.69, 9.17) is 10.5 Å². The molecule has 0 bridgehead atoms. The van der Waals surface area contributed by atoms with Crippen molar-refractivity contribution >= 4 is 5.91 Å². The maximum atomic E-state index is 13.2. The van der Waals surface area contributed by atoms with Gasteiger partial charge in [0, 0.05) is 17.6 Å². The molecule has 1 atom stereocenters. The minimum atomic E-state index is -0.360. The summed E-state index contributed by atoms with van der Waals surface area (Å²) in [6.07, 6.45) is 5.65. The maximum Gasteiger partial charge on any atom is 0.258 e. The van der Waals surface area contributed by atoms with Crippen LogP contribution in [0.4, 0.5) is 4.39 Å². The number of halogens is 1. The standard InChI is InChI=1S/C16H23FN2O2/c1-11(18)14-9-12(17)7-8-15(14)21-10-16(20)19-13-5-3-2-4-6-13/h7-9,11,13H,2-6,10,18H2,1H3,(H,19,20). The predicted molar refractivity (Wildman–Crippen MR) is 79.5 cm³/mol. The second-order valence-electron chi connectivity index (χ2n) is 5.66. The Morgan fingerprint density at radius 3 is 2.81 bits per heavy atom. The molecule has 2 rings (SSSR count). The average molecular weight is 294 g/mol. The Bertz CT molecular complexity index is 485. The number of benzene rings is 1. The van der Waals surface area contributed by atoms with Crippen LogP contribution in [-0.4, -0.2) is 18.6 Å². The third-order valence-electron chi connectivity index (χ3n) is 3.79. The Kier molecular flexibility index (Phi) is 5.56. The van der Waals surface area contributed by atoms with E-state index in [1.807, 2.05) is 0 Å². The van der Waals surface area contributed by atoms with Crippen molar-refractivity contribution in [3.05, 3.63) is 29.6 Å². The average Bonchev–Trinajstić information content (AvgIpc) is 2.47. The van der Waals surface area contributed by atoms with Crippen LogP contribution in [0.5, 0.6) is 5.75 Å². The third-order valence-corrected chi connectivity index (χ3v) is 3.79. The summed E-state index contributed by atoms with van der Waals surface area (Å²) in [5.74, 6) is -0.0339. The number of amides is 1. The Hall–Kier alpha value is -1.62. The molecule has 1 aliphatic carbocycles. The van der Waals surface area contributed by atoms with Gasteiger partial charge in [0.15, 0.2) is 6.61 Å². The van der Waals surface area contributed by atoms with Crippen molar-refractivity contribution in [1.82, 2.24) is 5.32 Å². The smallest absolute Gasteiger partial charge is 0.258 e. The van der Waals surface area contributed by atoms with Crippen LogP contribution in [-0.2, 0) is 4.79 Å². The topological polar surface area (TPSA) is 64.3 Å². The number of nitrogens with two attached hydrogens (primary N) is 1. The molecule has 4 nitrogen and oxygen atoms in total. The third kappa shape index (κ3) is 4.70. The first kappa shape index (κ1) is 15.8. The van der Waals surface area contributed by atoms with Gasteiger partial charge < -0.3 is 15.8 Å². The largest absolute Gasteiger partial charge is 0.483 e. The van der Waals surface area contributed by atoms with Gasteiger partial charge >= 0.3 is 0 Å². The van der Waals surface area contributed by atoms with E-state index in [1.165, 1.54) is 37.5 Å². The van der Waals surface area contributed by atoms with Crippen molar-refractivity contribution in [3.8, 4) is 5.75 Å². The summed E-state index contributed by atoms with van der Waals surface area (Å²) >= 11 is 0. The monoisotopic (exact) mass is 294 g/mol. The number of rotatable bonds is 5. The number of hydrogen-bond donors (Lipinski definition) is 2. The molecule has 1 amide bonds. The molecule has 1 unspecified atom stereocenters. The van der Waals surface area contributed by atoms with Gasteiger partial charge in [-0.3, -0.25) is 4.79 Å². The van der Waals surface area contributed by atoms with Gasteiger partial charge in [0.25, 0.3) is 5.91 Å². The zero-order valence-electron chi connectivity index (χ0n) is 12.4. The molecular formula is C16H23FN2O2. The second kappa shape index (κ2) is 7.41. The molecule has 3 N–H and O–H groups in total. The highest BCUT2D eigenvalue weighted by Gasteiger charge is 2.16. The Morgan fingerprint density at radius 1 is 1.43 bits per heavy atom. The zero-order valence-corrected chi connectivity index (χ0v) is 12.4. The summed E-state index contributed by atoms with van der Waals surface area (Å²) in [6, 6.07) is 4.08. The molecule has 0 saturated heterocycles. The molecular weight excluding hydrogens is 271 g/mol. The van der Waals surface area contributed by atoms with E-state index in [0.717, 1.165) is 12.8 Å². The molecule has 1 fully saturated rings. The van der Waals surface area contributed by atoms with Crippen LogP contribution >= 0.6 is 0 Å². The lowest BCUT2D eigenvalue weighted by Crippen LogP contribution is -2.39. The SMILES string of the molecule is CC(N)c1cc(F)ccc1OCC(=O)NC1CCCCC1. The molecule has 0 heterocycles. The highest BCUT2D eigenvalue weighted by atomic mass is 19.1. The molecule has 5 heteroatoms. The van der Waals surface area contributed by atoms with Crippen molar-refractivity contribution in [2.75, 3.05) is 6.61 Å². The minimum Gasteiger partial charge on any atom is -0.483 e. The van der Waals surface area contributed by atoms with Crippen LogP contribution in [0.1, 0.15) is 50.6 Å². The highest BCUT2D eigenvalue weighted by molar-refractivity contribution is 5.77. The zero-order chi connectivity index (χ0) is 15.2. The Morgan fingerprint density at radius 2 is 2.14 bits per heavy atom. The van der Waals surface area contributed by atoms with Crippen molar-refractivity contribution < 1.29 is 13.9 Å². The number of hydrogen-bond acceptors (Lipinski definition) is 3. The fraction of sp³-hybridized carbons (Fsp3) is 0.562. The molecule has 0 aromatic heterocycles. The van der Waals surface area contributed by atoms with Crippen LogP contribution < -0.4 is 15.8 Å². The van der Waals surface area contributed by atoms with Crippen molar-refractivity contribution in [1.29, 1.82) is 0 Å². The van der Waals surface area contributed by atoms with Crippen molar-refractivity contribution in [2.24, 2.45) is 5.73 Å². The van der Waals surface area contributed by atoms with Crippen molar-refractivity contribution in [3.63, 3.8) is 0 Å². The molecule has 0 spiro atoms. The Balaban J connectivity index is 1.88. The van der Waals surface area contributed by atoms with Crippen LogP contribution in [0.2, 0.25) is 0 Å². The first-order valence-corrected chi connectivity index (χ1v) is 7.53. The van der Waals surface area contributed by atoms with Crippen LogP contribution in [0, 0.1) is 5.82 Å². The van der Waals surface area contributed by atoms with E-state index in [2.05, 4.69) is 5.32 Å². The molecule has 0 radical (unpaired) electrons. The summed E-state index contributed by atoms with van der Waals surface area (Å²) in [5.41, 5.74) is 6.36. The first-order chi connectivity index (χ1) is 10.1. The minimum absolute atomic E-state index is 0.0676. The predicted octanol–water partition coefficient (Wildman–Crippen LogP) is 2.67. The van der Waals surface area contributed by atoms with Crippen LogP contribution in [0.3, 0.4) is 0 Å². The lowest BCUT2D eigenvalue weighted by Gasteiger charge is -2.23. The summed E-state index contributed by atoms with van der Waals surface area (Å²) in [7, 11) is 0. The van der Waals surface area contributed by atoms with Gasteiger partial charge in [0.05, 0.1) is 0 Å². The number of nitrogens with one attached hydrogen (secondary N) is 1. The summed E-state index contributed by atoms with van der Waals surface area (Å²) in [5, 5.41) is 2.98. The number of carbonyl (C=O) groups excluding carboxylic acids is 1. The van der Waals surface area contributed by atoms with Gasteiger partial charge in [-0.05, 0) is 38.0 Å². The summed E-state index contributed by atoms with van der Waals surface area (Å²) in [6.45, 7) is 1.69. The highest BCUT2D eigenvalue weighted by Crippen LogP contribution is 2.24. The van der Waals surface area contributed by atoms with Gasteiger partial charge in [-0.2, -0.15) is 0 Å². The fourth-order valence-corrected chi connectivity index (χ4v) is 2.67.